The third-order valence-electron chi connectivity index (χ3n) is 4.90. The van der Waals surface area contributed by atoms with E-state index in [-0.39, 0.29) is 17.8 Å². The quantitative estimate of drug-likeness (QED) is 0.913. The monoisotopic (exact) mass is 322 g/mol. The summed E-state index contributed by atoms with van der Waals surface area (Å²) in [5, 5.41) is 11.3. The Labute approximate surface area is 142 Å². The number of rotatable bonds is 3. The zero-order valence-corrected chi connectivity index (χ0v) is 14.2. The van der Waals surface area contributed by atoms with Crippen molar-refractivity contribution >= 4 is 11.9 Å². The second-order valence-corrected chi connectivity index (χ2v) is 6.36. The van der Waals surface area contributed by atoms with E-state index in [9.17, 15) is 4.79 Å². The molecule has 1 saturated heterocycles. The van der Waals surface area contributed by atoms with Crippen molar-refractivity contribution in [2.24, 2.45) is 5.92 Å². The number of carbonyl (C=O) groups is 1. The lowest BCUT2D eigenvalue weighted by Gasteiger charge is -2.45. The van der Waals surface area contributed by atoms with Gasteiger partial charge in [-0.2, -0.15) is 0 Å². The van der Waals surface area contributed by atoms with Crippen LogP contribution in [0.25, 0.3) is 11.1 Å². The molecule has 0 radical (unpaired) electrons. The minimum atomic E-state index is -0.604. The second kappa shape index (κ2) is 6.07. The normalized spacial score (nSPS) is 24.0. The fourth-order valence-electron chi connectivity index (χ4n) is 3.42. The van der Waals surface area contributed by atoms with Crippen molar-refractivity contribution in [1.29, 1.82) is 5.41 Å². The number of amides is 1. The van der Waals surface area contributed by atoms with Crippen LogP contribution in [0.5, 0.6) is 0 Å². The second-order valence-electron chi connectivity index (χ2n) is 6.36. The van der Waals surface area contributed by atoms with Crippen LogP contribution in [0.3, 0.4) is 0 Å². The molecule has 0 unspecified atom stereocenters. The van der Waals surface area contributed by atoms with Gasteiger partial charge in [-0.25, -0.2) is 0 Å². The van der Waals surface area contributed by atoms with Crippen molar-refractivity contribution in [3.05, 3.63) is 54.4 Å². The van der Waals surface area contributed by atoms with Gasteiger partial charge in [0.15, 0.2) is 5.96 Å². The average molecular weight is 322 g/mol. The number of carbonyl (C=O) groups excluding carboxylic acids is 1. The van der Waals surface area contributed by atoms with Crippen LogP contribution in [0.15, 0.2) is 48.8 Å². The molecule has 2 aromatic rings. The number of pyridine rings is 1. The molecule has 0 aliphatic carbocycles. The summed E-state index contributed by atoms with van der Waals surface area (Å²) in [6.07, 6.45) is 4.28. The van der Waals surface area contributed by atoms with E-state index in [2.05, 4.69) is 16.4 Å². The Balaban J connectivity index is 2.06. The highest BCUT2D eigenvalue weighted by Gasteiger charge is 2.46. The van der Waals surface area contributed by atoms with E-state index in [0.717, 1.165) is 16.7 Å². The molecule has 2 N–H and O–H groups in total. The molecule has 124 valence electrons. The Hall–Kier alpha value is -2.69. The number of hydrogen-bond donors (Lipinski definition) is 2. The van der Waals surface area contributed by atoms with Gasteiger partial charge in [0.2, 0.25) is 5.91 Å². The van der Waals surface area contributed by atoms with Gasteiger partial charge in [0.1, 0.15) is 0 Å². The van der Waals surface area contributed by atoms with E-state index >= 15 is 0 Å². The molecule has 1 aliphatic rings. The summed E-state index contributed by atoms with van der Waals surface area (Å²) >= 11 is 0. The summed E-state index contributed by atoms with van der Waals surface area (Å²) in [5.74, 6) is -0.102. The summed E-state index contributed by atoms with van der Waals surface area (Å²) in [4.78, 5) is 18.2. The molecular formula is C19H22N4O. The molecule has 1 aliphatic heterocycles. The Morgan fingerprint density at radius 3 is 2.71 bits per heavy atom. The number of guanidine groups is 1. The van der Waals surface area contributed by atoms with Gasteiger partial charge in [0, 0.05) is 19.4 Å². The summed E-state index contributed by atoms with van der Waals surface area (Å²) in [6, 6.07) is 12.0. The summed E-state index contributed by atoms with van der Waals surface area (Å²) in [7, 11) is 1.64. The van der Waals surface area contributed by atoms with Crippen molar-refractivity contribution in [2.75, 3.05) is 7.05 Å². The van der Waals surface area contributed by atoms with Gasteiger partial charge in [-0.15, -0.1) is 0 Å². The standard InChI is InChI=1S/C19H22N4O/c1-4-16-17(24)23(3)18(20)22-19(16,2)15-9-5-7-13(11-15)14-8-6-10-21-12-14/h5-12,16H,4H2,1-3H3,(H2,20,22)/t16-,19-/m1/s1. The van der Waals surface area contributed by atoms with Gasteiger partial charge in [-0.1, -0.05) is 31.2 Å². The molecule has 2 atom stereocenters. The first-order chi connectivity index (χ1) is 11.5. The first kappa shape index (κ1) is 16.2. The molecule has 3 rings (SSSR count). The maximum atomic E-state index is 12.6. The maximum absolute atomic E-state index is 12.6. The molecule has 1 aromatic heterocycles. The fourth-order valence-corrected chi connectivity index (χ4v) is 3.42. The first-order valence-electron chi connectivity index (χ1n) is 8.12. The topological polar surface area (TPSA) is 69.1 Å². The van der Waals surface area contributed by atoms with Gasteiger partial charge < -0.3 is 5.32 Å². The van der Waals surface area contributed by atoms with Gasteiger partial charge in [-0.05, 0) is 42.2 Å². The molecule has 0 spiro atoms. The lowest BCUT2D eigenvalue weighted by molar-refractivity contribution is -0.135. The fraction of sp³-hybridized carbons (Fsp3) is 0.316. The number of aromatic nitrogens is 1. The third-order valence-corrected chi connectivity index (χ3v) is 4.90. The van der Waals surface area contributed by atoms with Gasteiger partial charge in [0.25, 0.3) is 0 Å². The summed E-state index contributed by atoms with van der Waals surface area (Å²) in [6.45, 7) is 4.01. The Bertz CT molecular complexity index is 774. The lowest BCUT2D eigenvalue weighted by atomic mass is 9.75. The van der Waals surface area contributed by atoms with Gasteiger partial charge >= 0.3 is 0 Å². The molecule has 1 fully saturated rings. The average Bonchev–Trinajstić information content (AvgIpc) is 2.61. The van der Waals surface area contributed by atoms with Gasteiger partial charge in [-0.3, -0.25) is 20.1 Å². The largest absolute Gasteiger partial charge is 0.346 e. The first-order valence-corrected chi connectivity index (χ1v) is 8.12. The predicted octanol–water partition coefficient (Wildman–Crippen LogP) is 2.99. The number of benzene rings is 1. The van der Waals surface area contributed by atoms with Crippen molar-refractivity contribution in [3.63, 3.8) is 0 Å². The minimum absolute atomic E-state index is 0.0180. The molecule has 0 bridgehead atoms. The number of nitrogens with zero attached hydrogens (tertiary/aromatic N) is 2. The molecule has 5 nitrogen and oxygen atoms in total. The van der Waals surface area contributed by atoms with E-state index in [1.165, 1.54) is 4.90 Å². The number of hydrogen-bond acceptors (Lipinski definition) is 3. The predicted molar refractivity (Wildman–Crippen MR) is 94.4 cm³/mol. The van der Waals surface area contributed by atoms with E-state index in [0.29, 0.717) is 6.42 Å². The highest BCUT2D eigenvalue weighted by Crippen LogP contribution is 2.37. The van der Waals surface area contributed by atoms with Crippen LogP contribution in [-0.4, -0.2) is 28.8 Å². The van der Waals surface area contributed by atoms with Crippen LogP contribution in [0.1, 0.15) is 25.8 Å². The van der Waals surface area contributed by atoms with E-state index in [4.69, 9.17) is 5.41 Å². The summed E-state index contributed by atoms with van der Waals surface area (Å²) in [5.41, 5.74) is 2.48. The third kappa shape index (κ3) is 2.56. The zero-order chi connectivity index (χ0) is 17.3. The van der Waals surface area contributed by atoms with Crippen LogP contribution in [-0.2, 0) is 10.3 Å². The van der Waals surface area contributed by atoms with Crippen molar-refractivity contribution in [1.82, 2.24) is 15.2 Å². The molecule has 0 saturated carbocycles. The Morgan fingerprint density at radius 1 is 1.29 bits per heavy atom. The highest BCUT2D eigenvalue weighted by atomic mass is 16.2. The lowest BCUT2D eigenvalue weighted by Crippen LogP contribution is -2.63. The van der Waals surface area contributed by atoms with Crippen LogP contribution in [0.4, 0.5) is 0 Å². The minimum Gasteiger partial charge on any atom is -0.346 e. The van der Waals surface area contributed by atoms with E-state index in [1.54, 1.807) is 13.2 Å². The van der Waals surface area contributed by atoms with Crippen molar-refractivity contribution in [2.45, 2.75) is 25.8 Å². The molecular weight excluding hydrogens is 300 g/mol. The number of nitrogens with one attached hydrogen (secondary N) is 2. The van der Waals surface area contributed by atoms with Gasteiger partial charge in [0.05, 0.1) is 11.5 Å². The van der Waals surface area contributed by atoms with Crippen LogP contribution < -0.4 is 5.32 Å². The smallest absolute Gasteiger partial charge is 0.234 e. The van der Waals surface area contributed by atoms with E-state index in [1.807, 2.05) is 50.4 Å². The Kier molecular flexibility index (Phi) is 4.09. The molecule has 5 heteroatoms. The van der Waals surface area contributed by atoms with E-state index < -0.39 is 5.54 Å². The molecule has 2 heterocycles. The maximum Gasteiger partial charge on any atom is 0.234 e. The Morgan fingerprint density at radius 2 is 2.04 bits per heavy atom. The SMILES string of the molecule is CC[C@@H]1C(=O)N(C)C(=N)N[C@]1(C)c1cccc(-c2cccnc2)c1. The highest BCUT2D eigenvalue weighted by molar-refractivity contribution is 6.00. The van der Waals surface area contributed by atoms with Crippen LogP contribution in [0, 0.1) is 11.3 Å². The van der Waals surface area contributed by atoms with Crippen LogP contribution >= 0.6 is 0 Å². The van der Waals surface area contributed by atoms with Crippen molar-refractivity contribution < 1.29 is 4.79 Å². The van der Waals surface area contributed by atoms with Crippen LogP contribution in [0.2, 0.25) is 0 Å². The zero-order valence-electron chi connectivity index (χ0n) is 14.2. The molecule has 24 heavy (non-hydrogen) atoms. The summed E-state index contributed by atoms with van der Waals surface area (Å²) < 4.78 is 0. The molecule has 1 amide bonds. The molecule has 1 aromatic carbocycles. The van der Waals surface area contributed by atoms with Crippen molar-refractivity contribution in [3.8, 4) is 11.1 Å².